The Balaban J connectivity index is 1.54. The lowest BCUT2D eigenvalue weighted by Gasteiger charge is -2.31. The molecule has 1 fully saturated rings. The quantitative estimate of drug-likeness (QED) is 0.911. The summed E-state index contributed by atoms with van der Waals surface area (Å²) in [5.41, 5.74) is 1.06. The van der Waals surface area contributed by atoms with Crippen molar-refractivity contribution in [3.05, 3.63) is 29.4 Å². The lowest BCUT2D eigenvalue weighted by atomic mass is 9.97. The number of aromatic amines is 1. The number of aromatic nitrogens is 4. The summed E-state index contributed by atoms with van der Waals surface area (Å²) in [4.78, 5) is 26.3. The maximum Gasteiger partial charge on any atom is 0.227 e. The van der Waals surface area contributed by atoms with Crippen molar-refractivity contribution in [3.8, 4) is 0 Å². The van der Waals surface area contributed by atoms with E-state index in [2.05, 4.69) is 20.1 Å². The van der Waals surface area contributed by atoms with Gasteiger partial charge in [-0.2, -0.15) is 4.98 Å². The summed E-state index contributed by atoms with van der Waals surface area (Å²) in [5.74, 6) is 2.68. The molecule has 0 aliphatic carbocycles. The number of rotatable bonds is 5. The number of likely N-dealkylation sites (tertiary alicyclic amines) is 1. The Morgan fingerprint density at radius 2 is 2.39 bits per heavy atom. The van der Waals surface area contributed by atoms with Gasteiger partial charge in [0.15, 0.2) is 5.82 Å². The Bertz CT molecular complexity index is 663. The van der Waals surface area contributed by atoms with Crippen molar-refractivity contribution < 1.29 is 9.32 Å². The number of amides is 1. The molecular weight excluding hydrogens is 294 g/mol. The third-order valence-electron chi connectivity index (χ3n) is 4.26. The number of carbonyl (C=O) groups is 1. The first-order valence-corrected chi connectivity index (χ1v) is 8.26. The van der Waals surface area contributed by atoms with Crippen LogP contribution in [0.2, 0.25) is 0 Å². The molecule has 1 aliphatic rings. The minimum atomic E-state index is 0.147. The van der Waals surface area contributed by atoms with E-state index in [-0.39, 0.29) is 5.91 Å². The minimum Gasteiger partial charge on any atom is -0.346 e. The van der Waals surface area contributed by atoms with Crippen molar-refractivity contribution >= 4 is 5.91 Å². The lowest BCUT2D eigenvalue weighted by Crippen LogP contribution is -2.39. The Morgan fingerprint density at radius 1 is 1.52 bits per heavy atom. The molecule has 1 amide bonds. The monoisotopic (exact) mass is 317 g/mol. The predicted octanol–water partition coefficient (Wildman–Crippen LogP) is 2.00. The van der Waals surface area contributed by atoms with Gasteiger partial charge in [-0.25, -0.2) is 4.98 Å². The summed E-state index contributed by atoms with van der Waals surface area (Å²) in [6, 6.07) is 0. The second-order valence-corrected chi connectivity index (χ2v) is 6.09. The Kier molecular flexibility index (Phi) is 4.73. The molecule has 0 spiro atoms. The molecule has 1 atom stereocenters. The summed E-state index contributed by atoms with van der Waals surface area (Å²) >= 11 is 0. The molecule has 2 aromatic rings. The van der Waals surface area contributed by atoms with E-state index in [1.54, 1.807) is 0 Å². The maximum atomic E-state index is 12.4. The number of nitrogens with zero attached hydrogens (tertiary/aromatic N) is 4. The van der Waals surface area contributed by atoms with Crippen LogP contribution < -0.4 is 0 Å². The fourth-order valence-electron chi connectivity index (χ4n) is 2.97. The van der Waals surface area contributed by atoms with Crippen LogP contribution in [0.3, 0.4) is 0 Å². The molecule has 1 aliphatic heterocycles. The Labute approximate surface area is 135 Å². The molecule has 7 nitrogen and oxygen atoms in total. The van der Waals surface area contributed by atoms with Crippen LogP contribution in [0.1, 0.15) is 55.3 Å². The fraction of sp³-hybridized carbons (Fsp3) is 0.625. The molecule has 23 heavy (non-hydrogen) atoms. The zero-order valence-corrected chi connectivity index (χ0v) is 13.7. The average molecular weight is 317 g/mol. The molecular formula is C16H23N5O2. The van der Waals surface area contributed by atoms with Gasteiger partial charge in [-0.15, -0.1) is 0 Å². The highest BCUT2D eigenvalue weighted by Crippen LogP contribution is 2.25. The summed E-state index contributed by atoms with van der Waals surface area (Å²) in [6.45, 7) is 5.52. The number of nitrogens with one attached hydrogen (secondary N) is 1. The van der Waals surface area contributed by atoms with E-state index in [0.717, 1.165) is 43.9 Å². The number of aryl methyl sites for hydroxylation is 3. The molecule has 0 unspecified atom stereocenters. The minimum absolute atomic E-state index is 0.147. The highest BCUT2D eigenvalue weighted by atomic mass is 16.5. The van der Waals surface area contributed by atoms with E-state index < -0.39 is 0 Å². The van der Waals surface area contributed by atoms with Gasteiger partial charge in [-0.3, -0.25) is 4.79 Å². The van der Waals surface area contributed by atoms with Crippen LogP contribution in [0, 0.1) is 6.92 Å². The van der Waals surface area contributed by atoms with Crippen LogP contribution in [0.5, 0.6) is 0 Å². The normalized spacial score (nSPS) is 18.3. The van der Waals surface area contributed by atoms with Crippen LogP contribution in [0.25, 0.3) is 0 Å². The summed E-state index contributed by atoms with van der Waals surface area (Å²) in [5, 5.41) is 3.86. The van der Waals surface area contributed by atoms with Gasteiger partial charge in [0.25, 0.3) is 0 Å². The molecule has 3 heterocycles. The molecule has 124 valence electrons. The van der Waals surface area contributed by atoms with Gasteiger partial charge in [0, 0.05) is 50.2 Å². The largest absolute Gasteiger partial charge is 0.346 e. The predicted molar refractivity (Wildman–Crippen MR) is 83.9 cm³/mol. The highest BCUT2D eigenvalue weighted by molar-refractivity contribution is 5.76. The molecule has 0 saturated carbocycles. The first kappa shape index (κ1) is 15.7. The van der Waals surface area contributed by atoms with Crippen molar-refractivity contribution in [3.63, 3.8) is 0 Å². The summed E-state index contributed by atoms with van der Waals surface area (Å²) in [7, 11) is 0. The third kappa shape index (κ3) is 3.78. The standard InChI is InChI=1S/C16H23N5O2/c1-3-13-19-14(23-20-13)6-7-15(22)21-8-4-5-12(10-21)16-17-9-11(2)18-16/h9,12H,3-8,10H2,1-2H3,(H,17,18)/t12-/m1/s1. The van der Waals surface area contributed by atoms with Crippen LogP contribution in [0.15, 0.2) is 10.7 Å². The lowest BCUT2D eigenvalue weighted by molar-refractivity contribution is -0.132. The third-order valence-corrected chi connectivity index (χ3v) is 4.26. The van der Waals surface area contributed by atoms with E-state index in [9.17, 15) is 4.79 Å². The number of hydrogen-bond acceptors (Lipinski definition) is 5. The first-order valence-electron chi connectivity index (χ1n) is 8.26. The molecule has 7 heteroatoms. The Hall–Kier alpha value is -2.18. The van der Waals surface area contributed by atoms with E-state index >= 15 is 0 Å². The highest BCUT2D eigenvalue weighted by Gasteiger charge is 2.26. The van der Waals surface area contributed by atoms with Gasteiger partial charge in [-0.1, -0.05) is 12.1 Å². The van der Waals surface area contributed by atoms with E-state index in [1.165, 1.54) is 0 Å². The van der Waals surface area contributed by atoms with Crippen molar-refractivity contribution in [2.45, 2.75) is 51.9 Å². The van der Waals surface area contributed by atoms with Crippen LogP contribution >= 0.6 is 0 Å². The van der Waals surface area contributed by atoms with Crippen molar-refractivity contribution in [2.75, 3.05) is 13.1 Å². The van der Waals surface area contributed by atoms with Gasteiger partial charge >= 0.3 is 0 Å². The first-order chi connectivity index (χ1) is 11.2. The second kappa shape index (κ2) is 6.93. The number of hydrogen-bond donors (Lipinski definition) is 1. The zero-order chi connectivity index (χ0) is 16.2. The van der Waals surface area contributed by atoms with Gasteiger partial charge in [0.2, 0.25) is 11.8 Å². The number of H-pyrrole nitrogens is 1. The summed E-state index contributed by atoms with van der Waals surface area (Å²) in [6.07, 6.45) is 5.59. The van der Waals surface area contributed by atoms with Crippen molar-refractivity contribution in [2.24, 2.45) is 0 Å². The molecule has 1 N–H and O–H groups in total. The van der Waals surface area contributed by atoms with Crippen molar-refractivity contribution in [1.82, 2.24) is 25.0 Å². The number of imidazole rings is 1. The topological polar surface area (TPSA) is 87.9 Å². The molecule has 1 saturated heterocycles. The average Bonchev–Trinajstić information content (AvgIpc) is 3.21. The van der Waals surface area contributed by atoms with E-state index in [1.807, 2.05) is 24.9 Å². The number of piperidine rings is 1. The molecule has 2 aromatic heterocycles. The molecule has 0 radical (unpaired) electrons. The van der Waals surface area contributed by atoms with Crippen LogP contribution in [-0.4, -0.2) is 44.0 Å². The SMILES string of the molecule is CCc1noc(CCC(=O)N2CCC[C@@H](c3ncc(C)[nH]3)C2)n1. The molecule has 3 rings (SSSR count). The Morgan fingerprint density at radius 3 is 3.09 bits per heavy atom. The van der Waals surface area contributed by atoms with Gasteiger partial charge in [-0.05, 0) is 19.8 Å². The summed E-state index contributed by atoms with van der Waals surface area (Å²) < 4.78 is 5.14. The fourth-order valence-corrected chi connectivity index (χ4v) is 2.97. The van der Waals surface area contributed by atoms with Gasteiger partial charge in [0.05, 0.1) is 0 Å². The van der Waals surface area contributed by atoms with E-state index in [4.69, 9.17) is 4.52 Å². The molecule has 0 aromatic carbocycles. The van der Waals surface area contributed by atoms with Gasteiger partial charge in [0.1, 0.15) is 5.82 Å². The second-order valence-electron chi connectivity index (χ2n) is 6.09. The van der Waals surface area contributed by atoms with Crippen molar-refractivity contribution in [1.29, 1.82) is 0 Å². The van der Waals surface area contributed by atoms with Crippen LogP contribution in [0.4, 0.5) is 0 Å². The maximum absolute atomic E-state index is 12.4. The van der Waals surface area contributed by atoms with Crippen LogP contribution in [-0.2, 0) is 17.6 Å². The smallest absolute Gasteiger partial charge is 0.227 e. The van der Waals surface area contributed by atoms with E-state index in [0.29, 0.717) is 30.5 Å². The number of carbonyl (C=O) groups excluding carboxylic acids is 1. The van der Waals surface area contributed by atoms with Gasteiger partial charge < -0.3 is 14.4 Å². The zero-order valence-electron chi connectivity index (χ0n) is 13.7. The molecule has 0 bridgehead atoms.